The first-order valence-electron chi connectivity index (χ1n) is 18.7. The summed E-state index contributed by atoms with van der Waals surface area (Å²) in [7, 11) is 0. The van der Waals surface area contributed by atoms with Crippen LogP contribution in [0.5, 0.6) is 5.75 Å². The summed E-state index contributed by atoms with van der Waals surface area (Å²) < 4.78 is 7.35. The third-order valence-electron chi connectivity index (χ3n) is 11.4. The molecule has 9 rings (SSSR count). The van der Waals surface area contributed by atoms with Crippen LogP contribution in [-0.4, -0.2) is 6.92 Å². The van der Waals surface area contributed by atoms with Crippen molar-refractivity contribution in [2.75, 3.05) is 4.90 Å². The molecule has 256 valence electrons. The number of hydrogen-bond donors (Lipinski definition) is 0. The van der Waals surface area contributed by atoms with Crippen LogP contribution < -0.4 is 20.5 Å². The van der Waals surface area contributed by atoms with Gasteiger partial charge in [0, 0.05) is 33.5 Å². The molecule has 0 saturated carbocycles. The SMILES string of the molecule is Cc1cc(C)c(-c2cc3c4c(c2)N(c2cc(C(C)(C)C)cc(C(C)(C)C)c2)c2cc5ccccc5cc2B4Oc2c-3ccc3ccccc23)c(C)c1. The van der Waals surface area contributed by atoms with Crippen molar-refractivity contribution < 1.29 is 4.65 Å². The number of nitrogens with zero attached hydrogens (tertiary/aromatic N) is 1. The number of benzene rings is 7. The first-order valence-corrected chi connectivity index (χ1v) is 18.7. The topological polar surface area (TPSA) is 12.5 Å². The number of anilines is 3. The van der Waals surface area contributed by atoms with Gasteiger partial charge in [0.25, 0.3) is 0 Å². The molecule has 0 amide bonds. The highest BCUT2D eigenvalue weighted by molar-refractivity contribution is 6.86. The molecule has 0 fully saturated rings. The molecule has 0 radical (unpaired) electrons. The first-order chi connectivity index (χ1) is 24.8. The quantitative estimate of drug-likeness (QED) is 0.169. The molecular formula is C49H46BNO. The number of fused-ring (bicyclic) bond motifs is 7. The minimum absolute atomic E-state index is 0.0267. The lowest BCUT2D eigenvalue weighted by Gasteiger charge is -2.41. The summed E-state index contributed by atoms with van der Waals surface area (Å²) in [5, 5.41) is 4.79. The molecule has 0 saturated heterocycles. The van der Waals surface area contributed by atoms with E-state index < -0.39 is 0 Å². The van der Waals surface area contributed by atoms with E-state index >= 15 is 0 Å². The van der Waals surface area contributed by atoms with E-state index in [4.69, 9.17) is 4.65 Å². The van der Waals surface area contributed by atoms with Gasteiger partial charge < -0.3 is 9.55 Å². The Kier molecular flexibility index (Phi) is 7.13. The van der Waals surface area contributed by atoms with Crippen molar-refractivity contribution in [3.8, 4) is 28.0 Å². The number of rotatable bonds is 2. The van der Waals surface area contributed by atoms with Crippen molar-refractivity contribution in [2.24, 2.45) is 0 Å². The highest BCUT2D eigenvalue weighted by Crippen LogP contribution is 2.49. The molecule has 0 N–H and O–H groups in total. The summed E-state index contributed by atoms with van der Waals surface area (Å²) in [6.07, 6.45) is 0. The normalized spacial score (nSPS) is 13.6. The second kappa shape index (κ2) is 11.4. The van der Waals surface area contributed by atoms with Crippen LogP contribution in [0.25, 0.3) is 43.8 Å². The van der Waals surface area contributed by atoms with E-state index in [0.29, 0.717) is 0 Å². The molecule has 7 aromatic rings. The lowest BCUT2D eigenvalue weighted by molar-refractivity contribution is 0.568. The molecule has 52 heavy (non-hydrogen) atoms. The summed E-state index contributed by atoms with van der Waals surface area (Å²) in [5.41, 5.74) is 17.4. The fraction of sp³-hybridized carbons (Fsp3) is 0.224. The monoisotopic (exact) mass is 675 g/mol. The molecule has 7 aromatic carbocycles. The van der Waals surface area contributed by atoms with Gasteiger partial charge in [-0.2, -0.15) is 0 Å². The van der Waals surface area contributed by atoms with Gasteiger partial charge in [0.15, 0.2) is 0 Å². The van der Waals surface area contributed by atoms with E-state index in [9.17, 15) is 0 Å². The maximum Gasteiger partial charge on any atom is 0.431 e. The third-order valence-corrected chi connectivity index (χ3v) is 11.4. The van der Waals surface area contributed by atoms with Crippen molar-refractivity contribution in [1.29, 1.82) is 0 Å². The fourth-order valence-corrected chi connectivity index (χ4v) is 8.74. The van der Waals surface area contributed by atoms with E-state index in [2.05, 4.69) is 182 Å². The number of aryl methyl sites for hydroxylation is 3. The second-order valence-electron chi connectivity index (χ2n) is 17.3. The molecule has 0 unspecified atom stereocenters. The van der Waals surface area contributed by atoms with Crippen LogP contribution in [0.2, 0.25) is 0 Å². The highest BCUT2D eigenvalue weighted by atomic mass is 16.4. The van der Waals surface area contributed by atoms with Gasteiger partial charge in [-0.25, -0.2) is 0 Å². The molecule has 0 bridgehead atoms. The zero-order valence-corrected chi connectivity index (χ0v) is 31.9. The van der Waals surface area contributed by atoms with Crippen molar-refractivity contribution >= 4 is 56.4 Å². The standard InChI is InChI=1S/C49H46BNO/c1-29-20-30(2)45(31(3)21-29)35-22-41-40-19-18-32-14-12-13-17-39(32)47(40)52-50-42-23-33-15-10-11-16-34(33)24-43(42)51(44(25-35)46(41)50)38-27-36(48(4,5)6)26-37(28-38)49(7,8)9/h10-28H,1-9H3. The van der Waals surface area contributed by atoms with Crippen molar-refractivity contribution in [2.45, 2.75) is 73.1 Å². The Morgan fingerprint density at radius 3 is 1.83 bits per heavy atom. The van der Waals surface area contributed by atoms with Crippen molar-refractivity contribution in [3.63, 3.8) is 0 Å². The Labute approximate surface area is 309 Å². The van der Waals surface area contributed by atoms with E-state index in [1.165, 1.54) is 88.7 Å². The molecule has 2 aliphatic heterocycles. The number of hydrogen-bond acceptors (Lipinski definition) is 2. The Bertz CT molecular complexity index is 2560. The van der Waals surface area contributed by atoms with Gasteiger partial charge in [0.05, 0.1) is 0 Å². The Morgan fingerprint density at radius 2 is 1.17 bits per heavy atom. The summed E-state index contributed by atoms with van der Waals surface area (Å²) in [6.45, 7) is 20.4. The molecule has 2 heterocycles. The van der Waals surface area contributed by atoms with E-state index in [-0.39, 0.29) is 17.7 Å². The third kappa shape index (κ3) is 5.08. The summed E-state index contributed by atoms with van der Waals surface area (Å²) in [5.74, 6) is 0.966. The lowest BCUT2D eigenvalue weighted by Crippen LogP contribution is -2.56. The predicted octanol–water partition coefficient (Wildman–Crippen LogP) is 12.1. The van der Waals surface area contributed by atoms with Gasteiger partial charge >= 0.3 is 6.92 Å². The summed E-state index contributed by atoms with van der Waals surface area (Å²) >= 11 is 0. The van der Waals surface area contributed by atoms with E-state index in [1.807, 2.05) is 0 Å². The first kappa shape index (κ1) is 32.6. The fourth-order valence-electron chi connectivity index (χ4n) is 8.74. The van der Waals surface area contributed by atoms with E-state index in [0.717, 1.165) is 16.7 Å². The van der Waals surface area contributed by atoms with Crippen LogP contribution in [0.4, 0.5) is 17.1 Å². The van der Waals surface area contributed by atoms with Gasteiger partial charge in [-0.3, -0.25) is 0 Å². The molecule has 2 aliphatic rings. The molecule has 0 atom stereocenters. The van der Waals surface area contributed by atoms with Crippen LogP contribution in [-0.2, 0) is 10.8 Å². The highest BCUT2D eigenvalue weighted by Gasteiger charge is 2.44. The van der Waals surface area contributed by atoms with Crippen LogP contribution in [0.15, 0.2) is 115 Å². The van der Waals surface area contributed by atoms with Gasteiger partial charge in [0.2, 0.25) is 0 Å². The average Bonchev–Trinajstić information content (AvgIpc) is 3.09. The van der Waals surface area contributed by atoms with Gasteiger partial charge in [-0.05, 0) is 122 Å². The molecular weight excluding hydrogens is 629 g/mol. The maximum atomic E-state index is 7.35. The molecule has 0 aliphatic carbocycles. The largest absolute Gasteiger partial charge is 0.550 e. The van der Waals surface area contributed by atoms with Crippen LogP contribution >= 0.6 is 0 Å². The van der Waals surface area contributed by atoms with Crippen LogP contribution in [0.1, 0.15) is 69.4 Å². The van der Waals surface area contributed by atoms with E-state index in [1.54, 1.807) is 0 Å². The summed E-state index contributed by atoms with van der Waals surface area (Å²) in [6, 6.07) is 43.5. The zero-order chi connectivity index (χ0) is 36.3. The Hall–Kier alpha value is -5.28. The van der Waals surface area contributed by atoms with Crippen LogP contribution in [0, 0.1) is 20.8 Å². The maximum absolute atomic E-state index is 7.35. The lowest BCUT2D eigenvalue weighted by atomic mass is 9.49. The van der Waals surface area contributed by atoms with Gasteiger partial charge in [-0.15, -0.1) is 0 Å². The van der Waals surface area contributed by atoms with Crippen LogP contribution in [0.3, 0.4) is 0 Å². The molecule has 3 heteroatoms. The Morgan fingerprint density at radius 1 is 0.558 bits per heavy atom. The average molecular weight is 676 g/mol. The van der Waals surface area contributed by atoms with Crippen molar-refractivity contribution in [1.82, 2.24) is 0 Å². The van der Waals surface area contributed by atoms with Crippen molar-refractivity contribution in [3.05, 3.63) is 143 Å². The molecule has 0 aromatic heterocycles. The van der Waals surface area contributed by atoms with Gasteiger partial charge in [-0.1, -0.05) is 132 Å². The predicted molar refractivity (Wildman–Crippen MR) is 224 cm³/mol. The Balaban J connectivity index is 1.44. The minimum Gasteiger partial charge on any atom is -0.550 e. The molecule has 2 nitrogen and oxygen atoms in total. The smallest absolute Gasteiger partial charge is 0.431 e. The minimum atomic E-state index is -0.263. The zero-order valence-electron chi connectivity index (χ0n) is 31.9. The second-order valence-corrected chi connectivity index (χ2v) is 17.3. The molecule has 0 spiro atoms. The van der Waals surface area contributed by atoms with Gasteiger partial charge in [0.1, 0.15) is 5.75 Å². The summed E-state index contributed by atoms with van der Waals surface area (Å²) in [4.78, 5) is 2.55.